The Morgan fingerprint density at radius 1 is 1.30 bits per heavy atom. The first-order chi connectivity index (χ1) is 9.75. The van der Waals surface area contributed by atoms with Crippen LogP contribution in [0.3, 0.4) is 0 Å². The first kappa shape index (κ1) is 13.4. The minimum Gasteiger partial charge on any atom is -0.382 e. The van der Waals surface area contributed by atoms with Crippen molar-refractivity contribution >= 4 is 22.4 Å². The average molecular weight is 288 g/mol. The highest BCUT2D eigenvalue weighted by Gasteiger charge is 2.21. The number of hydrogen-bond acceptors (Lipinski definition) is 5. The molecule has 1 saturated carbocycles. The highest BCUT2D eigenvalue weighted by atomic mass is 32.1. The number of aromatic nitrogens is 2. The lowest BCUT2D eigenvalue weighted by Crippen LogP contribution is -2.23. The predicted molar refractivity (Wildman–Crippen MR) is 85.0 cm³/mol. The lowest BCUT2D eigenvalue weighted by molar-refractivity contribution is 0.548. The number of pyridine rings is 1. The Kier molecular flexibility index (Phi) is 3.87. The van der Waals surface area contributed by atoms with Crippen molar-refractivity contribution in [3.8, 4) is 11.1 Å². The van der Waals surface area contributed by atoms with E-state index in [4.69, 9.17) is 5.73 Å². The molecule has 2 N–H and O–H groups in total. The highest BCUT2D eigenvalue weighted by molar-refractivity contribution is 7.11. The minimum atomic E-state index is 0.620. The van der Waals surface area contributed by atoms with E-state index < -0.39 is 0 Å². The summed E-state index contributed by atoms with van der Waals surface area (Å²) in [5, 5.41) is 1.17. The number of nitrogens with zero attached hydrogens (tertiary/aromatic N) is 3. The average Bonchev–Trinajstić information content (AvgIpc) is 3.09. The van der Waals surface area contributed by atoms with E-state index >= 15 is 0 Å². The maximum Gasteiger partial charge on any atom is 0.147 e. The van der Waals surface area contributed by atoms with Gasteiger partial charge in [0.05, 0.1) is 5.56 Å². The van der Waals surface area contributed by atoms with Gasteiger partial charge in [-0.3, -0.25) is 4.98 Å². The topological polar surface area (TPSA) is 55.0 Å². The molecule has 0 amide bonds. The maximum atomic E-state index is 6.07. The van der Waals surface area contributed by atoms with Gasteiger partial charge < -0.3 is 10.6 Å². The molecule has 106 valence electrons. The summed E-state index contributed by atoms with van der Waals surface area (Å²) in [6, 6.07) is 3.99. The number of rotatable bonds is 4. The Morgan fingerprint density at radius 3 is 2.70 bits per heavy atom. The van der Waals surface area contributed by atoms with Crippen molar-refractivity contribution in [1.29, 1.82) is 0 Å². The lowest BCUT2D eigenvalue weighted by atomic mass is 10.1. The van der Waals surface area contributed by atoms with E-state index in [0.717, 1.165) is 23.6 Å². The van der Waals surface area contributed by atoms with Crippen LogP contribution in [0.2, 0.25) is 0 Å². The van der Waals surface area contributed by atoms with E-state index in [2.05, 4.69) is 21.3 Å². The number of nitrogen functional groups attached to an aromatic ring is 1. The molecule has 0 spiro atoms. The lowest BCUT2D eigenvalue weighted by Gasteiger charge is -2.22. The van der Waals surface area contributed by atoms with E-state index in [1.54, 1.807) is 12.4 Å². The van der Waals surface area contributed by atoms with Gasteiger partial charge in [-0.2, -0.15) is 4.37 Å². The normalized spacial score (nSPS) is 15.7. The molecule has 4 nitrogen and oxygen atoms in total. The molecule has 0 radical (unpaired) electrons. The highest BCUT2D eigenvalue weighted by Crippen LogP contribution is 2.39. The van der Waals surface area contributed by atoms with E-state index in [0.29, 0.717) is 5.82 Å². The van der Waals surface area contributed by atoms with Crippen LogP contribution in [-0.2, 0) is 0 Å². The smallest absolute Gasteiger partial charge is 0.147 e. The van der Waals surface area contributed by atoms with Gasteiger partial charge in [-0.1, -0.05) is 12.8 Å². The molecule has 1 aliphatic rings. The first-order valence-corrected chi connectivity index (χ1v) is 7.89. The summed E-state index contributed by atoms with van der Waals surface area (Å²) in [7, 11) is 2.15. The molecule has 0 aliphatic heterocycles. The van der Waals surface area contributed by atoms with Crippen LogP contribution in [0.1, 0.15) is 25.7 Å². The molecule has 0 atom stereocenters. The molecular formula is C15H20N4S. The predicted octanol–water partition coefficient (Wildman–Crippen LogP) is 3.41. The SMILES string of the molecule is CN(CC1CCCC1)c1snc(N)c1-c1ccncc1. The zero-order chi connectivity index (χ0) is 13.9. The van der Waals surface area contributed by atoms with Crippen LogP contribution < -0.4 is 10.6 Å². The summed E-state index contributed by atoms with van der Waals surface area (Å²) in [5.41, 5.74) is 8.22. The van der Waals surface area contributed by atoms with Gasteiger partial charge >= 0.3 is 0 Å². The Bertz CT molecular complexity index is 561. The second-order valence-electron chi connectivity index (χ2n) is 5.51. The van der Waals surface area contributed by atoms with Crippen molar-refractivity contribution in [2.75, 3.05) is 24.2 Å². The monoisotopic (exact) mass is 288 g/mol. The quantitative estimate of drug-likeness (QED) is 0.936. The van der Waals surface area contributed by atoms with Crippen LogP contribution in [0, 0.1) is 5.92 Å². The summed E-state index contributed by atoms with van der Waals surface area (Å²) in [5.74, 6) is 1.43. The van der Waals surface area contributed by atoms with Crippen LogP contribution in [0.4, 0.5) is 10.8 Å². The Labute approximate surface area is 123 Å². The molecule has 2 heterocycles. The molecule has 2 aromatic heterocycles. The zero-order valence-electron chi connectivity index (χ0n) is 11.7. The standard InChI is InChI=1S/C15H20N4S/c1-19(10-11-4-2-3-5-11)15-13(14(16)18-20-15)12-6-8-17-9-7-12/h6-9,11H,2-5,10H2,1H3,(H2,16,18). The van der Waals surface area contributed by atoms with Crippen LogP contribution in [0.25, 0.3) is 11.1 Å². The summed E-state index contributed by atoms with van der Waals surface area (Å²) < 4.78 is 4.35. The van der Waals surface area contributed by atoms with Gasteiger partial charge in [-0.05, 0) is 48.0 Å². The van der Waals surface area contributed by atoms with Gasteiger partial charge in [-0.15, -0.1) is 0 Å². The molecule has 1 fully saturated rings. The van der Waals surface area contributed by atoms with Gasteiger partial charge in [-0.25, -0.2) is 0 Å². The molecular weight excluding hydrogens is 268 g/mol. The molecule has 2 aromatic rings. The molecule has 0 bridgehead atoms. The van der Waals surface area contributed by atoms with E-state index in [1.807, 2.05) is 12.1 Å². The van der Waals surface area contributed by atoms with Gasteiger partial charge in [0.1, 0.15) is 10.8 Å². The molecule has 20 heavy (non-hydrogen) atoms. The van der Waals surface area contributed by atoms with Crippen LogP contribution in [0.5, 0.6) is 0 Å². The third kappa shape index (κ3) is 2.63. The van der Waals surface area contributed by atoms with Gasteiger partial charge in [0.15, 0.2) is 0 Å². The largest absolute Gasteiger partial charge is 0.382 e. The van der Waals surface area contributed by atoms with Gasteiger partial charge in [0.25, 0.3) is 0 Å². The second-order valence-corrected chi connectivity index (χ2v) is 6.27. The maximum absolute atomic E-state index is 6.07. The molecule has 0 aromatic carbocycles. The van der Waals surface area contributed by atoms with Crippen LogP contribution in [-0.4, -0.2) is 22.9 Å². The molecule has 0 unspecified atom stereocenters. The summed E-state index contributed by atoms with van der Waals surface area (Å²) in [6.07, 6.45) is 9.05. The fraction of sp³-hybridized carbons (Fsp3) is 0.467. The van der Waals surface area contributed by atoms with E-state index in [1.165, 1.54) is 42.2 Å². The number of nitrogens with two attached hydrogens (primary N) is 1. The van der Waals surface area contributed by atoms with E-state index in [-0.39, 0.29) is 0 Å². The molecule has 1 aliphatic carbocycles. The van der Waals surface area contributed by atoms with Crippen molar-refractivity contribution < 1.29 is 0 Å². The second kappa shape index (κ2) is 5.79. The van der Waals surface area contributed by atoms with Crippen molar-refractivity contribution in [3.63, 3.8) is 0 Å². The van der Waals surface area contributed by atoms with Gasteiger partial charge in [0.2, 0.25) is 0 Å². The summed E-state index contributed by atoms with van der Waals surface area (Å²) >= 11 is 1.49. The minimum absolute atomic E-state index is 0.620. The first-order valence-electron chi connectivity index (χ1n) is 7.12. The number of hydrogen-bond donors (Lipinski definition) is 1. The van der Waals surface area contributed by atoms with Crippen LogP contribution >= 0.6 is 11.5 Å². The fourth-order valence-corrected chi connectivity index (χ4v) is 3.81. The third-order valence-electron chi connectivity index (χ3n) is 4.02. The van der Waals surface area contributed by atoms with Crippen LogP contribution in [0.15, 0.2) is 24.5 Å². The van der Waals surface area contributed by atoms with E-state index in [9.17, 15) is 0 Å². The number of anilines is 2. The van der Waals surface area contributed by atoms with Crippen molar-refractivity contribution in [1.82, 2.24) is 9.36 Å². The Hall–Kier alpha value is -1.62. The fourth-order valence-electron chi connectivity index (χ4n) is 3.01. The van der Waals surface area contributed by atoms with Crippen molar-refractivity contribution in [2.45, 2.75) is 25.7 Å². The Balaban J connectivity index is 1.86. The molecule has 5 heteroatoms. The van der Waals surface area contributed by atoms with Crippen molar-refractivity contribution in [2.24, 2.45) is 5.92 Å². The zero-order valence-corrected chi connectivity index (χ0v) is 12.6. The van der Waals surface area contributed by atoms with Crippen molar-refractivity contribution in [3.05, 3.63) is 24.5 Å². The summed E-state index contributed by atoms with van der Waals surface area (Å²) in [6.45, 7) is 1.10. The molecule has 3 rings (SSSR count). The third-order valence-corrected chi connectivity index (χ3v) is 5.00. The van der Waals surface area contributed by atoms with Gasteiger partial charge in [0, 0.05) is 26.0 Å². The summed E-state index contributed by atoms with van der Waals surface area (Å²) in [4.78, 5) is 6.39. The molecule has 0 saturated heterocycles. The Morgan fingerprint density at radius 2 is 2.00 bits per heavy atom.